The largest absolute Gasteiger partial charge is 0.492 e. The van der Waals surface area contributed by atoms with Gasteiger partial charge in [0.25, 0.3) is 0 Å². The van der Waals surface area contributed by atoms with Crippen LogP contribution in [0.1, 0.15) is 24.8 Å². The molecule has 1 amide bonds. The smallest absolute Gasteiger partial charge is 0.226 e. The number of hydrogen-bond acceptors (Lipinski definition) is 3. The van der Waals surface area contributed by atoms with Crippen molar-refractivity contribution >= 4 is 11.7 Å². The number of benzene rings is 2. The number of ether oxygens (including phenoxy) is 1. The Labute approximate surface area is 151 Å². The van der Waals surface area contributed by atoms with Crippen molar-refractivity contribution in [2.75, 3.05) is 13.2 Å². The van der Waals surface area contributed by atoms with Crippen molar-refractivity contribution in [3.05, 3.63) is 53.8 Å². The maximum absolute atomic E-state index is 15.2. The molecular formula is C21H20FNO3. The summed E-state index contributed by atoms with van der Waals surface area (Å²) in [5.74, 6) is 0.100. The minimum atomic E-state index is -0.587. The zero-order chi connectivity index (χ0) is 18.1. The number of piperidine rings is 1. The lowest BCUT2D eigenvalue weighted by molar-refractivity contribution is -0.142. The maximum Gasteiger partial charge on any atom is 0.226 e. The Morgan fingerprint density at radius 3 is 2.69 bits per heavy atom. The average molecular weight is 353 g/mol. The van der Waals surface area contributed by atoms with Gasteiger partial charge in [0, 0.05) is 30.5 Å². The fraction of sp³-hybridized carbons (Fsp3) is 0.333. The minimum absolute atomic E-state index is 0.00720. The summed E-state index contributed by atoms with van der Waals surface area (Å²) in [7, 11) is 0. The Morgan fingerprint density at radius 2 is 1.81 bits per heavy atom. The molecule has 0 radical (unpaired) electrons. The molecule has 2 heterocycles. The Hall–Kier alpha value is -2.69. The van der Waals surface area contributed by atoms with Crippen molar-refractivity contribution in [1.82, 2.24) is 4.90 Å². The standard InChI is InChI=1S/C21H20FNO3/c22-21-14-5-3-7-16(21)15-6-1-2-9-19(15)26-12-10-20(25)23-11-4-8-18(24)17(23)13-14/h1-3,5-7,9,17H,4,8,10-13H2. The van der Waals surface area contributed by atoms with Gasteiger partial charge in [0.1, 0.15) is 11.6 Å². The van der Waals surface area contributed by atoms with Crippen LogP contribution in [0.2, 0.25) is 0 Å². The van der Waals surface area contributed by atoms with Crippen LogP contribution in [0.25, 0.3) is 11.1 Å². The van der Waals surface area contributed by atoms with Gasteiger partial charge in [-0.25, -0.2) is 4.39 Å². The normalized spacial score (nSPS) is 20.3. The van der Waals surface area contributed by atoms with E-state index < -0.39 is 6.04 Å². The van der Waals surface area contributed by atoms with Gasteiger partial charge in [-0.2, -0.15) is 0 Å². The molecule has 1 unspecified atom stereocenters. The van der Waals surface area contributed by atoms with Crippen molar-refractivity contribution in [3.8, 4) is 16.9 Å². The van der Waals surface area contributed by atoms with Gasteiger partial charge in [-0.1, -0.05) is 36.4 Å². The summed E-state index contributed by atoms with van der Waals surface area (Å²) in [6, 6.07) is 11.9. The van der Waals surface area contributed by atoms with E-state index >= 15 is 4.39 Å². The maximum atomic E-state index is 15.2. The number of nitrogens with zero attached hydrogens (tertiary/aromatic N) is 1. The first-order valence-corrected chi connectivity index (χ1v) is 8.97. The number of rotatable bonds is 0. The molecule has 2 aromatic rings. The van der Waals surface area contributed by atoms with Gasteiger partial charge in [0.2, 0.25) is 5.91 Å². The molecule has 2 bridgehead atoms. The van der Waals surface area contributed by atoms with Gasteiger partial charge in [0.05, 0.1) is 19.1 Å². The number of halogens is 1. The van der Waals surface area contributed by atoms with Crippen molar-refractivity contribution in [2.45, 2.75) is 31.7 Å². The summed E-state index contributed by atoms with van der Waals surface area (Å²) in [4.78, 5) is 26.7. The monoisotopic (exact) mass is 353 g/mol. The number of carbonyl (C=O) groups is 2. The number of Topliss-reactive ketones (excluding diaryl/α,β-unsaturated/α-hetero) is 1. The molecule has 134 valence electrons. The highest BCUT2D eigenvalue weighted by molar-refractivity contribution is 5.90. The van der Waals surface area contributed by atoms with Gasteiger partial charge >= 0.3 is 0 Å². The van der Waals surface area contributed by atoms with Crippen LogP contribution in [-0.4, -0.2) is 35.8 Å². The van der Waals surface area contributed by atoms with E-state index in [0.29, 0.717) is 41.8 Å². The van der Waals surface area contributed by atoms with E-state index in [1.54, 1.807) is 29.2 Å². The molecule has 1 saturated heterocycles. The van der Waals surface area contributed by atoms with Crippen LogP contribution >= 0.6 is 0 Å². The predicted octanol–water partition coefficient (Wildman–Crippen LogP) is 3.38. The molecule has 2 aromatic carbocycles. The third kappa shape index (κ3) is 2.98. The summed E-state index contributed by atoms with van der Waals surface area (Å²) >= 11 is 0. The van der Waals surface area contributed by atoms with Crippen LogP contribution in [0.15, 0.2) is 42.5 Å². The lowest BCUT2D eigenvalue weighted by atomic mass is 9.91. The molecule has 0 saturated carbocycles. The fourth-order valence-corrected chi connectivity index (χ4v) is 3.80. The van der Waals surface area contributed by atoms with E-state index in [9.17, 15) is 9.59 Å². The van der Waals surface area contributed by atoms with Gasteiger partial charge < -0.3 is 9.64 Å². The third-order valence-corrected chi connectivity index (χ3v) is 5.13. The van der Waals surface area contributed by atoms with E-state index in [1.807, 2.05) is 18.2 Å². The number of ketones is 1. The Morgan fingerprint density at radius 1 is 1.00 bits per heavy atom. The molecule has 0 aromatic heterocycles. The number of fused-ring (bicyclic) bond motifs is 5. The summed E-state index contributed by atoms with van der Waals surface area (Å²) in [6.07, 6.45) is 1.52. The van der Waals surface area contributed by atoms with Crippen molar-refractivity contribution < 1.29 is 18.7 Å². The first-order chi connectivity index (χ1) is 12.6. The van der Waals surface area contributed by atoms with Crippen molar-refractivity contribution in [2.24, 2.45) is 0 Å². The molecule has 1 atom stereocenters. The van der Waals surface area contributed by atoms with E-state index in [4.69, 9.17) is 4.74 Å². The first-order valence-electron chi connectivity index (χ1n) is 8.97. The van der Waals surface area contributed by atoms with Crippen molar-refractivity contribution in [1.29, 1.82) is 0 Å². The highest BCUT2D eigenvalue weighted by Gasteiger charge is 2.34. The molecule has 0 N–H and O–H groups in total. The van der Waals surface area contributed by atoms with Crippen molar-refractivity contribution in [3.63, 3.8) is 0 Å². The van der Waals surface area contributed by atoms with Gasteiger partial charge in [0.15, 0.2) is 5.78 Å². The van der Waals surface area contributed by atoms with Crippen LogP contribution < -0.4 is 4.74 Å². The summed E-state index contributed by atoms with van der Waals surface area (Å²) in [6.45, 7) is 0.738. The van der Waals surface area contributed by atoms with Crippen LogP contribution in [0.5, 0.6) is 5.75 Å². The van der Waals surface area contributed by atoms with Gasteiger partial charge in [-0.3, -0.25) is 9.59 Å². The average Bonchev–Trinajstić information content (AvgIpc) is 2.65. The first kappa shape index (κ1) is 16.8. The SMILES string of the molecule is O=C1CCCN2C(=O)CCOc3ccccc3-c3cccc(c3F)CC12. The second-order valence-corrected chi connectivity index (χ2v) is 6.75. The second kappa shape index (κ2) is 6.90. The zero-order valence-electron chi connectivity index (χ0n) is 14.4. The lowest BCUT2D eigenvalue weighted by Gasteiger charge is -2.35. The number of para-hydroxylation sites is 1. The third-order valence-electron chi connectivity index (χ3n) is 5.13. The second-order valence-electron chi connectivity index (χ2n) is 6.75. The van der Waals surface area contributed by atoms with Crippen LogP contribution in [-0.2, 0) is 16.0 Å². The lowest BCUT2D eigenvalue weighted by Crippen LogP contribution is -2.50. The Bertz CT molecular complexity index is 864. The molecule has 4 rings (SSSR count). The highest BCUT2D eigenvalue weighted by atomic mass is 19.1. The highest BCUT2D eigenvalue weighted by Crippen LogP contribution is 2.34. The molecule has 4 nitrogen and oxygen atoms in total. The van der Waals surface area contributed by atoms with E-state index in [1.165, 1.54) is 0 Å². The molecule has 26 heavy (non-hydrogen) atoms. The quantitative estimate of drug-likeness (QED) is 0.729. The summed E-state index contributed by atoms with van der Waals surface area (Å²) < 4.78 is 21.0. The van der Waals surface area contributed by atoms with E-state index in [2.05, 4.69) is 0 Å². The number of hydrogen-bond donors (Lipinski definition) is 0. The topological polar surface area (TPSA) is 46.6 Å². The Balaban J connectivity index is 1.83. The predicted molar refractivity (Wildman–Crippen MR) is 95.4 cm³/mol. The Kier molecular flexibility index (Phi) is 4.45. The molecule has 0 spiro atoms. The molecule has 2 aliphatic rings. The van der Waals surface area contributed by atoms with E-state index in [-0.39, 0.29) is 37.0 Å². The number of carbonyl (C=O) groups excluding carboxylic acids is 2. The van der Waals surface area contributed by atoms with E-state index in [0.717, 1.165) is 0 Å². The minimum Gasteiger partial charge on any atom is -0.492 e. The van der Waals surface area contributed by atoms with Gasteiger partial charge in [-0.15, -0.1) is 0 Å². The molecular weight excluding hydrogens is 333 g/mol. The molecule has 2 aliphatic heterocycles. The van der Waals surface area contributed by atoms with Gasteiger partial charge in [-0.05, 0) is 18.1 Å². The molecule has 1 fully saturated rings. The summed E-state index contributed by atoms with van der Waals surface area (Å²) in [5, 5.41) is 0. The summed E-state index contributed by atoms with van der Waals surface area (Å²) in [5.41, 5.74) is 1.57. The molecule has 0 aliphatic carbocycles. The zero-order valence-corrected chi connectivity index (χ0v) is 14.4. The van der Waals surface area contributed by atoms with Crippen LogP contribution in [0.4, 0.5) is 4.39 Å². The molecule has 5 heteroatoms. The van der Waals surface area contributed by atoms with Crippen LogP contribution in [0, 0.1) is 5.82 Å². The number of amides is 1. The fourth-order valence-electron chi connectivity index (χ4n) is 3.80. The van der Waals surface area contributed by atoms with Crippen LogP contribution in [0.3, 0.4) is 0 Å².